The number of benzene rings is 2. The number of aryl methyl sites for hydroxylation is 1. The summed E-state index contributed by atoms with van der Waals surface area (Å²) in [5.74, 6) is -0.248. The van der Waals surface area contributed by atoms with Crippen molar-refractivity contribution in [1.82, 2.24) is 9.88 Å². The van der Waals surface area contributed by atoms with Gasteiger partial charge in [0.25, 0.3) is 0 Å². The third-order valence-corrected chi connectivity index (χ3v) is 5.23. The lowest BCUT2D eigenvalue weighted by atomic mass is 10.0. The number of nitrogens with zero attached hydrogens (tertiary/aromatic N) is 2. The van der Waals surface area contributed by atoms with Gasteiger partial charge in [0.2, 0.25) is 0 Å². The number of hydrogen-bond donors (Lipinski definition) is 1. The Bertz CT molecular complexity index is 957. The Morgan fingerprint density at radius 3 is 2.79 bits per heavy atom. The van der Waals surface area contributed by atoms with Gasteiger partial charge in [0.05, 0.1) is 23.9 Å². The summed E-state index contributed by atoms with van der Waals surface area (Å²) in [7, 11) is 0. The zero-order valence-corrected chi connectivity index (χ0v) is 16.1. The van der Waals surface area contributed by atoms with E-state index in [0.717, 1.165) is 47.4 Å². The summed E-state index contributed by atoms with van der Waals surface area (Å²) in [6.45, 7) is 5.25. The maximum absolute atomic E-state index is 13.4. The lowest BCUT2D eigenvalue weighted by molar-refractivity contribution is -0.0406. The minimum atomic E-state index is -0.248. The highest BCUT2D eigenvalue weighted by molar-refractivity contribution is 5.84. The molecule has 5 heteroatoms. The molecule has 4 rings (SSSR count). The van der Waals surface area contributed by atoms with Crippen LogP contribution in [0.1, 0.15) is 17.5 Å². The van der Waals surface area contributed by atoms with Crippen LogP contribution in [-0.4, -0.2) is 47.4 Å². The lowest BCUT2D eigenvalue weighted by Gasteiger charge is -2.33. The quantitative estimate of drug-likeness (QED) is 0.728. The van der Waals surface area contributed by atoms with Gasteiger partial charge in [0, 0.05) is 37.2 Å². The van der Waals surface area contributed by atoms with E-state index >= 15 is 0 Å². The van der Waals surface area contributed by atoms with Gasteiger partial charge in [-0.25, -0.2) is 9.37 Å². The average molecular weight is 380 g/mol. The van der Waals surface area contributed by atoms with Gasteiger partial charge in [-0.15, -0.1) is 0 Å². The third kappa shape index (κ3) is 4.22. The molecule has 1 aromatic heterocycles. The Morgan fingerprint density at radius 1 is 1.18 bits per heavy atom. The number of fused-ring (bicyclic) bond motifs is 1. The minimum Gasteiger partial charge on any atom is -0.396 e. The second-order valence-corrected chi connectivity index (χ2v) is 7.44. The number of aliphatic hydroxyl groups excluding tert-OH is 1. The van der Waals surface area contributed by atoms with Gasteiger partial charge < -0.3 is 9.84 Å². The zero-order valence-electron chi connectivity index (χ0n) is 16.1. The van der Waals surface area contributed by atoms with Crippen LogP contribution in [0.25, 0.3) is 22.2 Å². The highest BCUT2D eigenvalue weighted by Gasteiger charge is 2.21. The SMILES string of the molecule is Cc1ccc2nc(-c3ccc(F)cc3)c(CN3CCOC(CCO)C3)cc2c1. The topological polar surface area (TPSA) is 45.6 Å². The van der Waals surface area contributed by atoms with Gasteiger partial charge in [0.15, 0.2) is 0 Å². The molecule has 2 heterocycles. The molecule has 146 valence electrons. The van der Waals surface area contributed by atoms with E-state index in [1.807, 2.05) is 6.07 Å². The molecule has 1 N–H and O–H groups in total. The van der Waals surface area contributed by atoms with Crippen molar-refractivity contribution < 1.29 is 14.2 Å². The van der Waals surface area contributed by atoms with Gasteiger partial charge in [-0.05, 0) is 61.4 Å². The molecular formula is C23H25FN2O2. The Morgan fingerprint density at radius 2 is 2.00 bits per heavy atom. The van der Waals surface area contributed by atoms with Crippen LogP contribution in [0, 0.1) is 12.7 Å². The first kappa shape index (κ1) is 19.0. The monoisotopic (exact) mass is 380 g/mol. The number of rotatable bonds is 5. The maximum atomic E-state index is 13.4. The normalized spacial score (nSPS) is 17.9. The molecule has 2 aromatic carbocycles. The molecule has 0 spiro atoms. The highest BCUT2D eigenvalue weighted by Crippen LogP contribution is 2.28. The number of hydrogen-bond acceptors (Lipinski definition) is 4. The summed E-state index contributed by atoms with van der Waals surface area (Å²) in [5.41, 5.74) is 5.06. The van der Waals surface area contributed by atoms with E-state index in [1.54, 1.807) is 12.1 Å². The number of halogens is 1. The van der Waals surface area contributed by atoms with Crippen molar-refractivity contribution in [3.8, 4) is 11.3 Å². The number of ether oxygens (including phenoxy) is 1. The highest BCUT2D eigenvalue weighted by atomic mass is 19.1. The molecule has 0 radical (unpaired) electrons. The van der Waals surface area contributed by atoms with Gasteiger partial charge in [-0.3, -0.25) is 4.90 Å². The Balaban J connectivity index is 1.71. The van der Waals surface area contributed by atoms with Crippen molar-refractivity contribution >= 4 is 10.9 Å². The fourth-order valence-electron chi connectivity index (χ4n) is 3.80. The number of aromatic nitrogens is 1. The van der Waals surface area contributed by atoms with Crippen LogP contribution in [0.15, 0.2) is 48.5 Å². The molecule has 3 aromatic rings. The molecule has 0 saturated carbocycles. The standard InChI is InChI=1S/C23H25FN2O2/c1-16-2-7-22-18(12-16)13-19(14-26-9-11-28-21(15-26)8-10-27)23(25-22)17-3-5-20(24)6-4-17/h2-7,12-13,21,27H,8-11,14-15H2,1H3. The van der Waals surface area contributed by atoms with E-state index in [0.29, 0.717) is 13.0 Å². The molecule has 1 aliphatic heterocycles. The van der Waals surface area contributed by atoms with Gasteiger partial charge in [0.1, 0.15) is 5.82 Å². The number of morpholine rings is 1. The number of pyridine rings is 1. The van der Waals surface area contributed by atoms with Crippen molar-refractivity contribution in [3.05, 3.63) is 65.5 Å². The Labute approximate surface area is 164 Å². The summed E-state index contributed by atoms with van der Waals surface area (Å²) >= 11 is 0. The van der Waals surface area contributed by atoms with Crippen LogP contribution < -0.4 is 0 Å². The third-order valence-electron chi connectivity index (χ3n) is 5.23. The van der Waals surface area contributed by atoms with Crippen molar-refractivity contribution in [1.29, 1.82) is 0 Å². The van der Waals surface area contributed by atoms with Crippen LogP contribution in [0.3, 0.4) is 0 Å². The molecule has 1 atom stereocenters. The second kappa shape index (κ2) is 8.35. The minimum absolute atomic E-state index is 0.0590. The summed E-state index contributed by atoms with van der Waals surface area (Å²) in [5, 5.41) is 10.3. The van der Waals surface area contributed by atoms with Gasteiger partial charge >= 0.3 is 0 Å². The van der Waals surface area contributed by atoms with Crippen LogP contribution in [0.2, 0.25) is 0 Å². The molecule has 1 saturated heterocycles. The predicted molar refractivity (Wildman–Crippen MR) is 109 cm³/mol. The second-order valence-electron chi connectivity index (χ2n) is 7.44. The molecule has 1 aliphatic rings. The molecule has 28 heavy (non-hydrogen) atoms. The van der Waals surface area contributed by atoms with Gasteiger partial charge in [-0.2, -0.15) is 0 Å². The molecule has 4 nitrogen and oxygen atoms in total. The first-order chi connectivity index (χ1) is 13.6. The van der Waals surface area contributed by atoms with E-state index in [9.17, 15) is 9.50 Å². The first-order valence-corrected chi connectivity index (χ1v) is 9.73. The van der Waals surface area contributed by atoms with E-state index in [1.165, 1.54) is 17.7 Å². The first-order valence-electron chi connectivity index (χ1n) is 9.73. The van der Waals surface area contributed by atoms with Crippen LogP contribution in [-0.2, 0) is 11.3 Å². The molecular weight excluding hydrogens is 355 g/mol. The zero-order chi connectivity index (χ0) is 19.5. The van der Waals surface area contributed by atoms with E-state index in [-0.39, 0.29) is 18.5 Å². The lowest BCUT2D eigenvalue weighted by Crippen LogP contribution is -2.42. The summed E-state index contributed by atoms with van der Waals surface area (Å²) in [6, 6.07) is 15.0. The van der Waals surface area contributed by atoms with Gasteiger partial charge in [-0.1, -0.05) is 11.6 Å². The Kier molecular flexibility index (Phi) is 5.67. The summed E-state index contributed by atoms with van der Waals surface area (Å²) in [4.78, 5) is 7.26. The molecule has 0 bridgehead atoms. The largest absolute Gasteiger partial charge is 0.396 e. The fraction of sp³-hybridized carbons (Fsp3) is 0.348. The fourth-order valence-corrected chi connectivity index (χ4v) is 3.80. The van der Waals surface area contributed by atoms with Crippen molar-refractivity contribution in [2.75, 3.05) is 26.3 Å². The van der Waals surface area contributed by atoms with Crippen LogP contribution >= 0.6 is 0 Å². The van der Waals surface area contributed by atoms with Crippen molar-refractivity contribution in [3.63, 3.8) is 0 Å². The van der Waals surface area contributed by atoms with Crippen LogP contribution in [0.4, 0.5) is 4.39 Å². The molecule has 0 amide bonds. The molecule has 1 fully saturated rings. The average Bonchev–Trinajstić information content (AvgIpc) is 2.69. The smallest absolute Gasteiger partial charge is 0.123 e. The van der Waals surface area contributed by atoms with E-state index < -0.39 is 0 Å². The predicted octanol–water partition coefficient (Wildman–Crippen LogP) is 3.93. The maximum Gasteiger partial charge on any atom is 0.123 e. The molecule has 0 aliphatic carbocycles. The van der Waals surface area contributed by atoms with Crippen molar-refractivity contribution in [2.45, 2.75) is 26.0 Å². The summed E-state index contributed by atoms with van der Waals surface area (Å²) in [6.07, 6.45) is 0.708. The van der Waals surface area contributed by atoms with Crippen LogP contribution in [0.5, 0.6) is 0 Å². The molecule has 1 unspecified atom stereocenters. The van der Waals surface area contributed by atoms with E-state index in [2.05, 4.69) is 30.0 Å². The Hall–Kier alpha value is -2.34. The van der Waals surface area contributed by atoms with Crippen molar-refractivity contribution in [2.24, 2.45) is 0 Å². The summed E-state index contributed by atoms with van der Waals surface area (Å²) < 4.78 is 19.2. The van der Waals surface area contributed by atoms with E-state index in [4.69, 9.17) is 9.72 Å². The number of aliphatic hydroxyl groups is 1.